The molecule has 6 nitrogen and oxygen atoms in total. The molecule has 1 N–H and O–H groups in total. The van der Waals surface area contributed by atoms with Gasteiger partial charge in [0.1, 0.15) is 24.0 Å². The minimum Gasteiger partial charge on any atom is -0.350 e. The Balaban J connectivity index is 1.64. The van der Waals surface area contributed by atoms with Crippen LogP contribution in [0, 0.1) is 18.6 Å². The van der Waals surface area contributed by atoms with Crippen molar-refractivity contribution in [1.29, 1.82) is 0 Å². The predicted octanol–water partition coefficient (Wildman–Crippen LogP) is 6.24. The number of nitrogens with one attached hydrogen (secondary N) is 1. The standard InChI is InChI=1S/C32H32F2N4O2S/c1-20-7-5-6-8-25(20)38-31-28(30(36-38)32(2,3)4)29(22-11-15-24(34)16-12-22)41-19-27(40)37(31)18-26(39)35-17-21-9-13-23(33)14-10-21/h5-16,29H,17-19H2,1-4H3,(H,35,39)/t29-/m1/s1. The van der Waals surface area contributed by atoms with E-state index in [0.717, 1.165) is 33.6 Å². The molecule has 0 saturated heterocycles. The molecule has 9 heteroatoms. The van der Waals surface area contributed by atoms with E-state index in [2.05, 4.69) is 26.1 Å². The molecule has 1 aliphatic rings. The number of amides is 2. The highest BCUT2D eigenvalue weighted by Gasteiger charge is 2.40. The molecule has 0 fully saturated rings. The summed E-state index contributed by atoms with van der Waals surface area (Å²) in [6.45, 7) is 8.16. The lowest BCUT2D eigenvalue weighted by Gasteiger charge is -2.25. The number of anilines is 1. The van der Waals surface area contributed by atoms with Crippen molar-refractivity contribution in [3.8, 4) is 5.69 Å². The average Bonchev–Trinajstić information content (AvgIpc) is 3.27. The van der Waals surface area contributed by atoms with Gasteiger partial charge in [0.05, 0.1) is 22.4 Å². The molecule has 0 spiro atoms. The zero-order valence-electron chi connectivity index (χ0n) is 23.4. The molecule has 41 heavy (non-hydrogen) atoms. The highest BCUT2D eigenvalue weighted by molar-refractivity contribution is 8.00. The third-order valence-corrected chi connectivity index (χ3v) is 8.28. The number of carbonyl (C=O) groups excluding carboxylic acids is 2. The molecular formula is C32H32F2N4O2S. The van der Waals surface area contributed by atoms with Gasteiger partial charge in [-0.25, -0.2) is 13.5 Å². The highest BCUT2D eigenvalue weighted by atomic mass is 32.2. The van der Waals surface area contributed by atoms with Crippen LogP contribution in [0.5, 0.6) is 0 Å². The van der Waals surface area contributed by atoms with Crippen LogP contribution in [-0.4, -0.2) is 33.9 Å². The van der Waals surface area contributed by atoms with Crippen molar-refractivity contribution in [2.24, 2.45) is 0 Å². The van der Waals surface area contributed by atoms with Crippen LogP contribution < -0.4 is 10.2 Å². The van der Waals surface area contributed by atoms with Crippen molar-refractivity contribution in [2.75, 3.05) is 17.2 Å². The first-order valence-corrected chi connectivity index (χ1v) is 14.5. The smallest absolute Gasteiger partial charge is 0.240 e. The number of halogens is 2. The number of hydrogen-bond donors (Lipinski definition) is 1. The second-order valence-corrected chi connectivity index (χ2v) is 12.3. The van der Waals surface area contributed by atoms with E-state index in [1.165, 1.54) is 40.9 Å². The van der Waals surface area contributed by atoms with Gasteiger partial charge in [0.15, 0.2) is 0 Å². The van der Waals surface area contributed by atoms with Crippen molar-refractivity contribution >= 4 is 29.4 Å². The number of aryl methyl sites for hydroxylation is 1. The first-order valence-electron chi connectivity index (χ1n) is 13.4. The highest BCUT2D eigenvalue weighted by Crippen LogP contribution is 2.48. The normalized spacial score (nSPS) is 15.4. The van der Waals surface area contributed by atoms with Gasteiger partial charge in [-0.05, 0) is 53.9 Å². The monoisotopic (exact) mass is 574 g/mol. The Morgan fingerprint density at radius 2 is 1.63 bits per heavy atom. The van der Waals surface area contributed by atoms with Gasteiger partial charge in [-0.1, -0.05) is 63.2 Å². The van der Waals surface area contributed by atoms with Gasteiger partial charge in [0.25, 0.3) is 0 Å². The Morgan fingerprint density at radius 3 is 2.27 bits per heavy atom. The Bertz CT molecular complexity index is 1580. The van der Waals surface area contributed by atoms with Gasteiger partial charge >= 0.3 is 0 Å². The average molecular weight is 575 g/mol. The molecule has 1 atom stereocenters. The quantitative estimate of drug-likeness (QED) is 0.296. The number of benzene rings is 3. The minimum atomic E-state index is -0.402. The van der Waals surface area contributed by atoms with Crippen LogP contribution in [0.15, 0.2) is 72.8 Å². The van der Waals surface area contributed by atoms with Crippen molar-refractivity contribution in [2.45, 2.75) is 44.9 Å². The summed E-state index contributed by atoms with van der Waals surface area (Å²) in [5.74, 6) is -0.615. The van der Waals surface area contributed by atoms with Gasteiger partial charge in [0, 0.05) is 17.5 Å². The second-order valence-electron chi connectivity index (χ2n) is 11.2. The number of nitrogens with zero attached hydrogens (tertiary/aromatic N) is 3. The van der Waals surface area contributed by atoms with Crippen LogP contribution in [0.1, 0.15) is 54.0 Å². The number of aromatic nitrogens is 2. The number of thioether (sulfide) groups is 1. The number of fused-ring (bicyclic) bond motifs is 1. The summed E-state index contributed by atoms with van der Waals surface area (Å²) >= 11 is 1.44. The van der Waals surface area contributed by atoms with E-state index in [4.69, 9.17) is 5.10 Å². The molecule has 0 radical (unpaired) electrons. The molecule has 1 aliphatic heterocycles. The van der Waals surface area contributed by atoms with Crippen LogP contribution in [-0.2, 0) is 21.5 Å². The third kappa shape index (κ3) is 6.05. The van der Waals surface area contributed by atoms with Crippen LogP contribution in [0.25, 0.3) is 5.69 Å². The Morgan fingerprint density at radius 1 is 1.00 bits per heavy atom. The predicted molar refractivity (Wildman–Crippen MR) is 158 cm³/mol. The maximum atomic E-state index is 13.9. The molecule has 2 heterocycles. The fourth-order valence-electron chi connectivity index (χ4n) is 4.95. The number of hydrogen-bond acceptors (Lipinski definition) is 4. The van der Waals surface area contributed by atoms with E-state index in [1.54, 1.807) is 28.9 Å². The van der Waals surface area contributed by atoms with E-state index in [9.17, 15) is 18.4 Å². The van der Waals surface area contributed by atoms with Crippen molar-refractivity contribution in [3.63, 3.8) is 0 Å². The maximum absolute atomic E-state index is 13.9. The molecule has 3 aromatic carbocycles. The van der Waals surface area contributed by atoms with Crippen LogP contribution in [0.3, 0.4) is 0 Å². The largest absolute Gasteiger partial charge is 0.350 e. The van der Waals surface area contributed by atoms with Gasteiger partial charge in [-0.2, -0.15) is 5.10 Å². The number of carbonyl (C=O) groups is 2. The minimum absolute atomic E-state index is 0.124. The lowest BCUT2D eigenvalue weighted by molar-refractivity contribution is -0.123. The van der Waals surface area contributed by atoms with Crippen LogP contribution >= 0.6 is 11.8 Å². The molecule has 0 unspecified atom stereocenters. The molecule has 0 aliphatic carbocycles. The van der Waals surface area contributed by atoms with E-state index in [-0.39, 0.29) is 47.5 Å². The summed E-state index contributed by atoms with van der Waals surface area (Å²) in [6, 6.07) is 20.0. The van der Waals surface area contributed by atoms with E-state index in [0.29, 0.717) is 5.82 Å². The van der Waals surface area contributed by atoms with Gasteiger partial charge in [-0.15, -0.1) is 11.8 Å². The summed E-state index contributed by atoms with van der Waals surface area (Å²) < 4.78 is 29.0. The Kier molecular flexibility index (Phi) is 8.00. The zero-order valence-corrected chi connectivity index (χ0v) is 24.3. The number of rotatable bonds is 6. The summed E-state index contributed by atoms with van der Waals surface area (Å²) in [4.78, 5) is 28.5. The van der Waals surface area contributed by atoms with Gasteiger partial charge < -0.3 is 5.32 Å². The molecule has 0 bridgehead atoms. The molecule has 5 rings (SSSR count). The molecular weight excluding hydrogens is 542 g/mol. The van der Waals surface area contributed by atoms with Crippen molar-refractivity contribution in [1.82, 2.24) is 15.1 Å². The second kappa shape index (κ2) is 11.5. The first kappa shape index (κ1) is 28.5. The summed E-state index contributed by atoms with van der Waals surface area (Å²) in [6.07, 6.45) is 0. The summed E-state index contributed by atoms with van der Waals surface area (Å²) in [7, 11) is 0. The fraction of sp³-hybridized carbons (Fsp3) is 0.281. The first-order chi connectivity index (χ1) is 19.5. The molecule has 2 amide bonds. The molecule has 4 aromatic rings. The summed E-state index contributed by atoms with van der Waals surface area (Å²) in [5, 5.41) is 7.64. The Labute approximate surface area is 242 Å². The van der Waals surface area contributed by atoms with E-state index in [1.807, 2.05) is 31.2 Å². The Hall–Kier alpha value is -3.98. The molecule has 1 aromatic heterocycles. The maximum Gasteiger partial charge on any atom is 0.240 e. The molecule has 0 saturated carbocycles. The third-order valence-electron chi connectivity index (χ3n) is 7.02. The fourth-order valence-corrected chi connectivity index (χ4v) is 6.14. The van der Waals surface area contributed by atoms with Gasteiger partial charge in [-0.3, -0.25) is 14.5 Å². The van der Waals surface area contributed by atoms with E-state index >= 15 is 0 Å². The SMILES string of the molecule is Cc1ccccc1-n1nc(C(C)(C)C)c2c1N(CC(=O)NCc1ccc(F)cc1)C(=O)CS[C@@H]2c1ccc(F)cc1. The van der Waals surface area contributed by atoms with E-state index < -0.39 is 5.41 Å². The summed E-state index contributed by atoms with van der Waals surface area (Å²) in [5.41, 5.74) is 4.58. The topological polar surface area (TPSA) is 67.2 Å². The van der Waals surface area contributed by atoms with Crippen molar-refractivity contribution in [3.05, 3.63) is 112 Å². The lowest BCUT2D eigenvalue weighted by Crippen LogP contribution is -2.42. The number of para-hydroxylation sites is 1. The zero-order chi connectivity index (χ0) is 29.3. The molecule has 212 valence electrons. The van der Waals surface area contributed by atoms with Crippen LogP contribution in [0.2, 0.25) is 0 Å². The van der Waals surface area contributed by atoms with Crippen LogP contribution in [0.4, 0.5) is 14.6 Å². The lowest BCUT2D eigenvalue weighted by atomic mass is 9.87. The van der Waals surface area contributed by atoms with Gasteiger partial charge in [0.2, 0.25) is 11.8 Å². The van der Waals surface area contributed by atoms with Crippen molar-refractivity contribution < 1.29 is 18.4 Å².